The minimum Gasteiger partial charge on any atom is -0.497 e. The molecule has 2 N–H and O–H groups in total. The third-order valence-electron chi connectivity index (χ3n) is 6.17. The maximum Gasteiger partial charge on any atom is 0.408 e. The number of nitrogens with zero attached hydrogens (tertiary/aromatic N) is 1. The molecule has 0 bridgehead atoms. The number of alkyl carbamates (subject to hydrolysis) is 1. The van der Waals surface area contributed by atoms with Gasteiger partial charge in [-0.05, 0) is 75.5 Å². The molecule has 0 aliphatic heterocycles. The second-order valence-corrected chi connectivity index (χ2v) is 11.6. The van der Waals surface area contributed by atoms with E-state index in [2.05, 4.69) is 17.6 Å². The quantitative estimate of drug-likeness (QED) is 0.239. The molecule has 2 atom stereocenters. The van der Waals surface area contributed by atoms with E-state index >= 15 is 0 Å². The Kier molecular flexibility index (Phi) is 13.9. The van der Waals surface area contributed by atoms with Crippen molar-refractivity contribution in [3.05, 3.63) is 60.2 Å². The largest absolute Gasteiger partial charge is 0.497 e. The van der Waals surface area contributed by atoms with Gasteiger partial charge in [0, 0.05) is 12.2 Å². The van der Waals surface area contributed by atoms with Gasteiger partial charge in [0.1, 0.15) is 23.4 Å². The van der Waals surface area contributed by atoms with E-state index in [0.29, 0.717) is 35.7 Å². The Morgan fingerprint density at radius 2 is 1.65 bits per heavy atom. The van der Waals surface area contributed by atoms with Gasteiger partial charge < -0.3 is 25.0 Å². The number of ether oxygens (including phenoxy) is 2. The van der Waals surface area contributed by atoms with Crippen LogP contribution in [0.2, 0.25) is 0 Å². The Morgan fingerprint density at radius 1 is 0.975 bits per heavy atom. The summed E-state index contributed by atoms with van der Waals surface area (Å²) in [5.41, 5.74) is 0.580. The molecule has 40 heavy (non-hydrogen) atoms. The first kappa shape index (κ1) is 33.0. The summed E-state index contributed by atoms with van der Waals surface area (Å²) >= 11 is 1.59. The number of unbranched alkanes of at least 4 members (excludes halogenated alkanes) is 3. The highest BCUT2D eigenvalue weighted by molar-refractivity contribution is 7.98. The fourth-order valence-electron chi connectivity index (χ4n) is 4.21. The van der Waals surface area contributed by atoms with Crippen LogP contribution < -0.4 is 15.4 Å². The van der Waals surface area contributed by atoms with Gasteiger partial charge in [-0.1, -0.05) is 56.5 Å². The molecule has 9 heteroatoms. The summed E-state index contributed by atoms with van der Waals surface area (Å²) in [6.45, 7) is 7.84. The Labute approximate surface area is 243 Å². The number of nitrogens with one attached hydrogen (secondary N) is 2. The molecule has 0 spiro atoms. The number of hydrogen-bond donors (Lipinski definition) is 2. The van der Waals surface area contributed by atoms with Crippen LogP contribution in [0.25, 0.3) is 0 Å². The van der Waals surface area contributed by atoms with Gasteiger partial charge in [-0.3, -0.25) is 9.59 Å². The molecule has 0 saturated carbocycles. The Balaban J connectivity index is 2.46. The number of benzene rings is 2. The predicted octanol–water partition coefficient (Wildman–Crippen LogP) is 6.43. The van der Waals surface area contributed by atoms with Crippen molar-refractivity contribution in [2.45, 2.75) is 77.5 Å². The maximum atomic E-state index is 14.2. The van der Waals surface area contributed by atoms with Gasteiger partial charge in [-0.25, -0.2) is 4.79 Å². The topological polar surface area (TPSA) is 97.0 Å². The van der Waals surface area contributed by atoms with Crippen LogP contribution >= 0.6 is 11.8 Å². The number of carbonyl (C=O) groups excluding carboxylic acids is 3. The minimum atomic E-state index is -0.894. The van der Waals surface area contributed by atoms with Crippen molar-refractivity contribution in [1.29, 1.82) is 0 Å². The highest BCUT2D eigenvalue weighted by atomic mass is 32.2. The monoisotopic (exact) mass is 571 g/mol. The average molecular weight is 572 g/mol. The first-order chi connectivity index (χ1) is 19.1. The Bertz CT molecular complexity index is 1060. The molecule has 0 aliphatic rings. The number of methoxy groups -OCH3 is 1. The fraction of sp³-hybridized carbons (Fsp3) is 0.516. The molecule has 8 nitrogen and oxygen atoms in total. The van der Waals surface area contributed by atoms with Gasteiger partial charge in [0.15, 0.2) is 0 Å². The normalized spacial score (nSPS) is 12.7. The Morgan fingerprint density at radius 3 is 2.23 bits per heavy atom. The molecule has 0 heterocycles. The van der Waals surface area contributed by atoms with Crippen LogP contribution in [0.4, 0.5) is 10.5 Å². The van der Waals surface area contributed by atoms with Gasteiger partial charge in [0.2, 0.25) is 5.91 Å². The standard InChI is InChI=1S/C31H45N3O5S/c1-7-8-9-13-21-34(29(36)26(20-22-40-6)33-30(37)39-31(2,3)4)27(23-14-11-10-12-15-23)28(35)32-24-16-18-25(38-5)19-17-24/h10-12,14-19,26-27H,7-9,13,20-22H2,1-6H3,(H,32,35)(H,33,37). The second-order valence-electron chi connectivity index (χ2n) is 10.6. The van der Waals surface area contributed by atoms with Crippen molar-refractivity contribution in [1.82, 2.24) is 10.2 Å². The molecule has 2 rings (SSSR count). The molecule has 0 aromatic heterocycles. The zero-order chi connectivity index (χ0) is 29.5. The van der Waals surface area contributed by atoms with Gasteiger partial charge in [0.05, 0.1) is 7.11 Å². The van der Waals surface area contributed by atoms with Crippen molar-refractivity contribution in [3.63, 3.8) is 0 Å². The van der Waals surface area contributed by atoms with E-state index in [1.54, 1.807) is 68.8 Å². The summed E-state index contributed by atoms with van der Waals surface area (Å²) in [5.74, 6) is 0.690. The highest BCUT2D eigenvalue weighted by Gasteiger charge is 2.36. The highest BCUT2D eigenvalue weighted by Crippen LogP contribution is 2.26. The number of amides is 3. The van der Waals surface area contributed by atoms with Crippen LogP contribution in [0.5, 0.6) is 5.75 Å². The van der Waals surface area contributed by atoms with Crippen molar-refractivity contribution in [2.75, 3.05) is 31.0 Å². The molecule has 0 aliphatic carbocycles. The van der Waals surface area contributed by atoms with E-state index in [4.69, 9.17) is 9.47 Å². The second kappa shape index (κ2) is 16.8. The molecule has 0 radical (unpaired) electrons. The number of rotatable bonds is 15. The van der Waals surface area contributed by atoms with Crippen LogP contribution in [0.15, 0.2) is 54.6 Å². The van der Waals surface area contributed by atoms with E-state index in [1.165, 1.54) is 0 Å². The summed E-state index contributed by atoms with van der Waals surface area (Å²) in [6.07, 6.45) is 5.44. The predicted molar refractivity (Wildman–Crippen MR) is 163 cm³/mol. The lowest BCUT2D eigenvalue weighted by Gasteiger charge is -2.34. The molecular weight excluding hydrogens is 526 g/mol. The fourth-order valence-corrected chi connectivity index (χ4v) is 4.68. The third-order valence-corrected chi connectivity index (χ3v) is 6.81. The van der Waals surface area contributed by atoms with Crippen molar-refractivity contribution in [3.8, 4) is 5.75 Å². The van der Waals surface area contributed by atoms with Crippen LogP contribution in [0.1, 0.15) is 71.4 Å². The molecule has 0 fully saturated rings. The summed E-state index contributed by atoms with van der Waals surface area (Å²) < 4.78 is 10.7. The van der Waals surface area contributed by atoms with Gasteiger partial charge in [-0.2, -0.15) is 11.8 Å². The zero-order valence-electron chi connectivity index (χ0n) is 24.7. The number of anilines is 1. The SMILES string of the molecule is CCCCCCN(C(=O)C(CCSC)NC(=O)OC(C)(C)C)C(C(=O)Nc1ccc(OC)cc1)c1ccccc1. The Hall–Kier alpha value is -3.20. The van der Waals surface area contributed by atoms with Crippen molar-refractivity contribution >= 4 is 35.4 Å². The van der Waals surface area contributed by atoms with Gasteiger partial charge >= 0.3 is 6.09 Å². The lowest BCUT2D eigenvalue weighted by molar-refractivity contribution is -0.141. The summed E-state index contributed by atoms with van der Waals surface area (Å²) in [7, 11) is 1.58. The smallest absolute Gasteiger partial charge is 0.408 e. The summed E-state index contributed by atoms with van der Waals surface area (Å²) in [6, 6.07) is 14.6. The van der Waals surface area contributed by atoms with E-state index < -0.39 is 23.8 Å². The van der Waals surface area contributed by atoms with Gasteiger partial charge in [-0.15, -0.1) is 0 Å². The molecule has 2 aromatic carbocycles. The molecule has 220 valence electrons. The summed E-state index contributed by atoms with van der Waals surface area (Å²) in [4.78, 5) is 42.5. The van der Waals surface area contributed by atoms with E-state index in [-0.39, 0.29) is 11.8 Å². The van der Waals surface area contributed by atoms with E-state index in [0.717, 1.165) is 25.7 Å². The third kappa shape index (κ3) is 11.1. The van der Waals surface area contributed by atoms with Crippen LogP contribution in [0.3, 0.4) is 0 Å². The van der Waals surface area contributed by atoms with Gasteiger partial charge in [0.25, 0.3) is 5.91 Å². The number of thioether (sulfide) groups is 1. The number of carbonyl (C=O) groups is 3. The van der Waals surface area contributed by atoms with E-state index in [9.17, 15) is 14.4 Å². The average Bonchev–Trinajstić information content (AvgIpc) is 2.92. The molecule has 3 amide bonds. The van der Waals surface area contributed by atoms with Crippen LogP contribution in [-0.4, -0.2) is 60.1 Å². The molecule has 2 aromatic rings. The molecule has 2 unspecified atom stereocenters. The first-order valence-corrected chi connectivity index (χ1v) is 15.3. The van der Waals surface area contributed by atoms with Crippen LogP contribution in [-0.2, 0) is 14.3 Å². The van der Waals surface area contributed by atoms with Crippen molar-refractivity contribution < 1.29 is 23.9 Å². The molecule has 0 saturated heterocycles. The summed E-state index contributed by atoms with van der Waals surface area (Å²) in [5, 5.41) is 5.76. The first-order valence-electron chi connectivity index (χ1n) is 13.9. The minimum absolute atomic E-state index is 0.310. The zero-order valence-corrected chi connectivity index (χ0v) is 25.5. The number of hydrogen-bond acceptors (Lipinski definition) is 6. The van der Waals surface area contributed by atoms with Crippen molar-refractivity contribution in [2.24, 2.45) is 0 Å². The van der Waals surface area contributed by atoms with E-state index in [1.807, 2.05) is 36.6 Å². The lowest BCUT2D eigenvalue weighted by atomic mass is 10.0. The maximum absolute atomic E-state index is 14.2. The van der Waals surface area contributed by atoms with Crippen LogP contribution in [0, 0.1) is 0 Å². The molecular formula is C31H45N3O5S. The lowest BCUT2D eigenvalue weighted by Crippen LogP contribution is -2.52.